The molecule has 2 heterocycles. The van der Waals surface area contributed by atoms with E-state index in [-0.39, 0.29) is 11.9 Å². The Balaban J connectivity index is 2.14. The highest BCUT2D eigenvalue weighted by Gasteiger charge is 2.24. The van der Waals surface area contributed by atoms with Gasteiger partial charge >= 0.3 is 0 Å². The highest BCUT2D eigenvalue weighted by atomic mass is 16.2. The van der Waals surface area contributed by atoms with Gasteiger partial charge in [0, 0.05) is 31.6 Å². The Morgan fingerprint density at radius 2 is 2.20 bits per heavy atom. The van der Waals surface area contributed by atoms with E-state index in [0.717, 1.165) is 30.6 Å². The Morgan fingerprint density at radius 3 is 2.85 bits per heavy atom. The zero-order chi connectivity index (χ0) is 14.5. The second-order valence-electron chi connectivity index (χ2n) is 5.10. The summed E-state index contributed by atoms with van der Waals surface area (Å²) in [6.45, 7) is 2.80. The quantitative estimate of drug-likeness (QED) is 0.543. The molecular weight excluding hydrogens is 256 g/mol. The lowest BCUT2D eigenvalue weighted by Gasteiger charge is -2.31. The van der Waals surface area contributed by atoms with Crippen molar-refractivity contribution in [3.63, 3.8) is 0 Å². The molecule has 0 aliphatic carbocycles. The van der Waals surface area contributed by atoms with Crippen LogP contribution in [0.2, 0.25) is 0 Å². The van der Waals surface area contributed by atoms with Crippen LogP contribution in [-0.4, -0.2) is 40.4 Å². The molecule has 1 fully saturated rings. The summed E-state index contributed by atoms with van der Waals surface area (Å²) in [5.41, 5.74) is 3.62. The third kappa shape index (κ3) is 3.16. The van der Waals surface area contributed by atoms with Crippen molar-refractivity contribution < 1.29 is 4.79 Å². The second-order valence-corrected chi connectivity index (χ2v) is 5.10. The SMILES string of the molecule is CCCc1c(NN)ncnc1NC1CCC(=O)N(C)C1. The van der Waals surface area contributed by atoms with Crippen LogP contribution in [0.25, 0.3) is 0 Å². The molecule has 2 rings (SSSR count). The fraction of sp³-hybridized carbons (Fsp3) is 0.615. The molecule has 20 heavy (non-hydrogen) atoms. The molecule has 1 unspecified atom stereocenters. The number of nitrogens with two attached hydrogens (primary N) is 1. The summed E-state index contributed by atoms with van der Waals surface area (Å²) >= 11 is 0. The third-order valence-electron chi connectivity index (χ3n) is 3.55. The lowest BCUT2D eigenvalue weighted by atomic mass is 10.0. The van der Waals surface area contributed by atoms with Crippen LogP contribution in [0.5, 0.6) is 0 Å². The van der Waals surface area contributed by atoms with Gasteiger partial charge in [-0.2, -0.15) is 0 Å². The fourth-order valence-corrected chi connectivity index (χ4v) is 2.47. The summed E-state index contributed by atoms with van der Waals surface area (Å²) in [5.74, 6) is 7.17. The average Bonchev–Trinajstić information content (AvgIpc) is 2.45. The lowest BCUT2D eigenvalue weighted by Crippen LogP contribution is -2.43. The first-order chi connectivity index (χ1) is 9.65. The number of likely N-dealkylation sites (tertiary alicyclic amines) is 1. The second kappa shape index (κ2) is 6.51. The Bertz CT molecular complexity index is 478. The molecule has 0 spiro atoms. The molecule has 4 N–H and O–H groups in total. The normalized spacial score (nSPS) is 19.1. The zero-order valence-corrected chi connectivity index (χ0v) is 12.0. The van der Waals surface area contributed by atoms with Crippen molar-refractivity contribution in [1.82, 2.24) is 14.9 Å². The number of hydrazine groups is 1. The van der Waals surface area contributed by atoms with Gasteiger partial charge in [-0.25, -0.2) is 15.8 Å². The number of aromatic nitrogens is 2. The molecule has 7 heteroatoms. The lowest BCUT2D eigenvalue weighted by molar-refractivity contribution is -0.132. The van der Waals surface area contributed by atoms with E-state index in [1.54, 1.807) is 4.90 Å². The molecule has 1 aromatic rings. The number of nitrogen functional groups attached to an aromatic ring is 1. The first-order valence-electron chi connectivity index (χ1n) is 6.96. The summed E-state index contributed by atoms with van der Waals surface area (Å²) in [4.78, 5) is 21.7. The van der Waals surface area contributed by atoms with Crippen LogP contribution in [0.15, 0.2) is 6.33 Å². The number of carbonyl (C=O) groups is 1. The Labute approximate surface area is 118 Å². The first-order valence-corrected chi connectivity index (χ1v) is 6.96. The van der Waals surface area contributed by atoms with Gasteiger partial charge in [0.1, 0.15) is 18.0 Å². The number of nitrogens with zero attached hydrogens (tertiary/aromatic N) is 3. The van der Waals surface area contributed by atoms with E-state index < -0.39 is 0 Å². The maximum absolute atomic E-state index is 11.5. The standard InChI is InChI=1S/C13H22N6O/c1-3-4-10-12(15-8-16-13(10)18-14)17-9-5-6-11(20)19(2)7-9/h8-9H,3-7,14H2,1-2H3,(H2,15,16,17,18). The number of anilines is 2. The maximum atomic E-state index is 11.5. The van der Waals surface area contributed by atoms with Gasteiger partial charge in [0.25, 0.3) is 0 Å². The molecule has 0 radical (unpaired) electrons. The monoisotopic (exact) mass is 278 g/mol. The minimum absolute atomic E-state index is 0.198. The zero-order valence-electron chi connectivity index (χ0n) is 12.0. The van der Waals surface area contributed by atoms with Crippen molar-refractivity contribution in [3.05, 3.63) is 11.9 Å². The van der Waals surface area contributed by atoms with E-state index in [1.807, 2.05) is 7.05 Å². The van der Waals surface area contributed by atoms with E-state index in [0.29, 0.717) is 18.8 Å². The van der Waals surface area contributed by atoms with Crippen LogP contribution < -0.4 is 16.6 Å². The molecule has 110 valence electrons. The van der Waals surface area contributed by atoms with Crippen molar-refractivity contribution in [2.45, 2.75) is 38.6 Å². The van der Waals surface area contributed by atoms with Crippen molar-refractivity contribution in [3.8, 4) is 0 Å². The predicted molar refractivity (Wildman–Crippen MR) is 78.1 cm³/mol. The summed E-state index contributed by atoms with van der Waals surface area (Å²) < 4.78 is 0. The summed E-state index contributed by atoms with van der Waals surface area (Å²) in [7, 11) is 1.83. The Morgan fingerprint density at radius 1 is 1.45 bits per heavy atom. The van der Waals surface area contributed by atoms with Gasteiger partial charge in [-0.3, -0.25) is 4.79 Å². The Hall–Kier alpha value is -1.89. The van der Waals surface area contributed by atoms with Crippen molar-refractivity contribution in [2.24, 2.45) is 5.84 Å². The number of amides is 1. The fourth-order valence-electron chi connectivity index (χ4n) is 2.47. The van der Waals surface area contributed by atoms with Crippen LogP contribution in [0.1, 0.15) is 31.7 Å². The number of piperidine rings is 1. The molecule has 1 saturated heterocycles. The van der Waals surface area contributed by atoms with Crippen molar-refractivity contribution >= 4 is 17.5 Å². The number of hydrogen-bond donors (Lipinski definition) is 3. The summed E-state index contributed by atoms with van der Waals surface area (Å²) in [6, 6.07) is 0.217. The molecule has 7 nitrogen and oxygen atoms in total. The van der Waals surface area contributed by atoms with Gasteiger partial charge in [-0.15, -0.1) is 0 Å². The number of likely N-dealkylation sites (N-methyl/N-ethyl adjacent to an activating group) is 1. The maximum Gasteiger partial charge on any atom is 0.222 e. The van der Waals surface area contributed by atoms with Gasteiger partial charge in [-0.05, 0) is 12.8 Å². The van der Waals surface area contributed by atoms with Crippen molar-refractivity contribution in [2.75, 3.05) is 24.3 Å². The minimum atomic E-state index is 0.198. The Kier molecular flexibility index (Phi) is 4.73. The van der Waals surface area contributed by atoms with Gasteiger partial charge in [0.15, 0.2) is 0 Å². The van der Waals surface area contributed by atoms with Crippen LogP contribution in [0, 0.1) is 0 Å². The van der Waals surface area contributed by atoms with E-state index in [2.05, 4.69) is 27.6 Å². The smallest absolute Gasteiger partial charge is 0.222 e. The first kappa shape index (κ1) is 14.5. The van der Waals surface area contributed by atoms with E-state index in [9.17, 15) is 4.79 Å². The third-order valence-corrected chi connectivity index (χ3v) is 3.55. The van der Waals surface area contributed by atoms with E-state index in [4.69, 9.17) is 5.84 Å². The number of hydrogen-bond acceptors (Lipinski definition) is 6. The molecule has 0 bridgehead atoms. The highest BCUT2D eigenvalue weighted by Crippen LogP contribution is 2.23. The molecule has 1 atom stereocenters. The van der Waals surface area contributed by atoms with Crippen LogP contribution >= 0.6 is 0 Å². The van der Waals surface area contributed by atoms with Gasteiger partial charge < -0.3 is 15.6 Å². The van der Waals surface area contributed by atoms with Gasteiger partial charge in [-0.1, -0.05) is 13.3 Å². The molecule has 0 aromatic carbocycles. The number of rotatable bonds is 5. The number of carbonyl (C=O) groups excluding carboxylic acids is 1. The van der Waals surface area contributed by atoms with Crippen LogP contribution in [0.3, 0.4) is 0 Å². The van der Waals surface area contributed by atoms with E-state index >= 15 is 0 Å². The highest BCUT2D eigenvalue weighted by molar-refractivity contribution is 5.77. The minimum Gasteiger partial charge on any atom is -0.365 e. The largest absolute Gasteiger partial charge is 0.365 e. The van der Waals surface area contributed by atoms with E-state index in [1.165, 1.54) is 6.33 Å². The van der Waals surface area contributed by atoms with Crippen LogP contribution in [0.4, 0.5) is 11.6 Å². The van der Waals surface area contributed by atoms with Crippen LogP contribution in [-0.2, 0) is 11.2 Å². The summed E-state index contributed by atoms with van der Waals surface area (Å²) in [5, 5.41) is 3.42. The topological polar surface area (TPSA) is 96.2 Å². The average molecular weight is 278 g/mol. The molecule has 1 amide bonds. The molecular formula is C13H22N6O. The van der Waals surface area contributed by atoms with Gasteiger partial charge in [0.2, 0.25) is 5.91 Å². The molecule has 1 aromatic heterocycles. The number of nitrogens with one attached hydrogen (secondary N) is 2. The van der Waals surface area contributed by atoms with Crippen molar-refractivity contribution in [1.29, 1.82) is 0 Å². The summed E-state index contributed by atoms with van der Waals surface area (Å²) in [6.07, 6.45) is 4.73. The molecule has 1 aliphatic heterocycles. The predicted octanol–water partition coefficient (Wildman–Crippen LogP) is 0.747. The van der Waals surface area contributed by atoms with Gasteiger partial charge in [0.05, 0.1) is 0 Å². The molecule has 1 aliphatic rings. The molecule has 0 saturated carbocycles.